The number of hydrogen-bond donors (Lipinski definition) is 3. The standard InChI is InChI=1S/C26H25F3N2O5/c1-17(33)24-30-12-13-31(24)21(14-32)9-4-18-2-5-19(6-3-18)20-7-10-22(11-8-20)36-23-15-35-16-25(23,34)26(27,28)29/h2-3,5-8,10-13,17,21,23,32-34H,14-16H2,1H3/t17-,21-,23-,25+/m0/s1. The fourth-order valence-electron chi connectivity index (χ4n) is 3.87. The zero-order chi connectivity index (χ0) is 25.9. The van der Waals surface area contributed by atoms with Gasteiger partial charge >= 0.3 is 6.18 Å². The molecule has 0 saturated carbocycles. The maximum Gasteiger partial charge on any atom is 0.423 e. The number of nitrogens with zero attached hydrogens (tertiary/aromatic N) is 2. The average Bonchev–Trinajstić information content (AvgIpc) is 3.48. The molecule has 36 heavy (non-hydrogen) atoms. The van der Waals surface area contributed by atoms with Gasteiger partial charge in [0, 0.05) is 18.0 Å². The lowest BCUT2D eigenvalue weighted by atomic mass is 9.99. The van der Waals surface area contributed by atoms with E-state index in [0.29, 0.717) is 11.4 Å². The van der Waals surface area contributed by atoms with Gasteiger partial charge in [0.25, 0.3) is 0 Å². The molecule has 3 aromatic rings. The summed E-state index contributed by atoms with van der Waals surface area (Å²) in [5.41, 5.74) is -0.673. The second-order valence-electron chi connectivity index (χ2n) is 8.48. The van der Waals surface area contributed by atoms with Crippen LogP contribution in [0.4, 0.5) is 13.2 Å². The molecule has 7 nitrogen and oxygen atoms in total. The van der Waals surface area contributed by atoms with Gasteiger partial charge in [-0.2, -0.15) is 13.2 Å². The molecule has 0 radical (unpaired) electrons. The number of hydrogen-bond acceptors (Lipinski definition) is 6. The van der Waals surface area contributed by atoms with Crippen LogP contribution in [0.3, 0.4) is 0 Å². The third kappa shape index (κ3) is 5.24. The SMILES string of the molecule is C[C@H](O)c1nccn1[C@@H](C#Cc1ccc(-c2ccc(O[C@H]3COC[C@]3(O)C(F)(F)F)cc2)cc1)CO. The van der Waals surface area contributed by atoms with Crippen molar-refractivity contribution >= 4 is 0 Å². The van der Waals surface area contributed by atoms with Crippen LogP contribution in [0, 0.1) is 11.8 Å². The minimum absolute atomic E-state index is 0.186. The first kappa shape index (κ1) is 25.7. The van der Waals surface area contributed by atoms with E-state index in [4.69, 9.17) is 9.47 Å². The maximum absolute atomic E-state index is 13.2. The summed E-state index contributed by atoms with van der Waals surface area (Å²) in [5, 5.41) is 29.5. The molecule has 0 amide bonds. The fraction of sp³-hybridized carbons (Fsp3) is 0.346. The van der Waals surface area contributed by atoms with Crippen LogP contribution in [-0.4, -0.2) is 62.6 Å². The molecule has 190 valence electrons. The lowest BCUT2D eigenvalue weighted by Gasteiger charge is -2.30. The summed E-state index contributed by atoms with van der Waals surface area (Å²) in [7, 11) is 0. The first-order chi connectivity index (χ1) is 17.1. The van der Waals surface area contributed by atoms with Gasteiger partial charge in [0.15, 0.2) is 6.10 Å². The molecule has 2 heterocycles. The largest absolute Gasteiger partial charge is 0.485 e. The van der Waals surface area contributed by atoms with Gasteiger partial charge in [-0.1, -0.05) is 36.1 Å². The number of imidazole rings is 1. The molecular formula is C26H25F3N2O5. The summed E-state index contributed by atoms with van der Waals surface area (Å²) in [5.74, 6) is 6.59. The molecule has 10 heteroatoms. The van der Waals surface area contributed by atoms with E-state index in [0.717, 1.165) is 11.1 Å². The van der Waals surface area contributed by atoms with Crippen molar-refractivity contribution in [2.75, 3.05) is 19.8 Å². The zero-order valence-corrected chi connectivity index (χ0v) is 19.3. The van der Waals surface area contributed by atoms with E-state index in [-0.39, 0.29) is 19.0 Å². The lowest BCUT2D eigenvalue weighted by molar-refractivity contribution is -0.275. The van der Waals surface area contributed by atoms with Gasteiger partial charge in [-0.15, -0.1) is 0 Å². The van der Waals surface area contributed by atoms with Crippen LogP contribution >= 0.6 is 0 Å². The Kier molecular flexibility index (Phi) is 7.38. The number of benzene rings is 2. The number of rotatable bonds is 6. The molecule has 4 atom stereocenters. The van der Waals surface area contributed by atoms with Gasteiger partial charge in [-0.3, -0.25) is 0 Å². The highest BCUT2D eigenvalue weighted by Gasteiger charge is 2.63. The van der Waals surface area contributed by atoms with Crippen LogP contribution in [0.2, 0.25) is 0 Å². The summed E-state index contributed by atoms with van der Waals surface area (Å²) in [4.78, 5) is 4.09. The highest BCUT2D eigenvalue weighted by Crippen LogP contribution is 2.39. The van der Waals surface area contributed by atoms with Crippen LogP contribution in [0.1, 0.15) is 30.5 Å². The zero-order valence-electron chi connectivity index (χ0n) is 19.3. The van der Waals surface area contributed by atoms with E-state index in [1.807, 2.05) is 24.3 Å². The van der Waals surface area contributed by atoms with Gasteiger partial charge in [-0.05, 0) is 42.3 Å². The number of halogens is 3. The third-order valence-corrected chi connectivity index (χ3v) is 5.93. The second-order valence-corrected chi connectivity index (χ2v) is 8.48. The number of alkyl halides is 3. The summed E-state index contributed by atoms with van der Waals surface area (Å²) < 4.78 is 51.5. The fourth-order valence-corrected chi connectivity index (χ4v) is 3.87. The van der Waals surface area contributed by atoms with Crippen LogP contribution in [0.15, 0.2) is 60.9 Å². The Bertz CT molecular complexity index is 1230. The van der Waals surface area contributed by atoms with Crippen molar-refractivity contribution in [3.8, 4) is 28.7 Å². The summed E-state index contributed by atoms with van der Waals surface area (Å²) in [6.45, 7) is 0.114. The van der Waals surface area contributed by atoms with E-state index >= 15 is 0 Å². The first-order valence-corrected chi connectivity index (χ1v) is 11.2. The predicted molar refractivity (Wildman–Crippen MR) is 124 cm³/mol. The van der Waals surface area contributed by atoms with E-state index in [9.17, 15) is 28.5 Å². The predicted octanol–water partition coefficient (Wildman–Crippen LogP) is 3.26. The molecule has 0 aliphatic carbocycles. The number of aromatic nitrogens is 2. The third-order valence-electron chi connectivity index (χ3n) is 5.93. The number of aliphatic hydroxyl groups is 3. The molecule has 0 bridgehead atoms. The van der Waals surface area contributed by atoms with Gasteiger partial charge in [0.05, 0.1) is 19.8 Å². The van der Waals surface area contributed by atoms with Gasteiger partial charge in [0.1, 0.15) is 23.7 Å². The second kappa shape index (κ2) is 10.3. The highest BCUT2D eigenvalue weighted by atomic mass is 19.4. The van der Waals surface area contributed by atoms with E-state index < -0.39 is 36.6 Å². The average molecular weight is 502 g/mol. The van der Waals surface area contributed by atoms with Crippen molar-refractivity contribution in [3.05, 3.63) is 72.3 Å². The Balaban J connectivity index is 1.44. The summed E-state index contributed by atoms with van der Waals surface area (Å²) in [6.07, 6.45) is -4.03. The van der Waals surface area contributed by atoms with Crippen molar-refractivity contribution in [2.45, 2.75) is 37.0 Å². The van der Waals surface area contributed by atoms with E-state index in [1.165, 1.54) is 18.3 Å². The molecule has 1 aliphatic heterocycles. The molecule has 4 rings (SSSR count). The van der Waals surface area contributed by atoms with Crippen molar-refractivity contribution in [1.82, 2.24) is 9.55 Å². The normalized spacial score (nSPS) is 21.5. The summed E-state index contributed by atoms with van der Waals surface area (Å²) in [6, 6.07) is 13.2. The van der Waals surface area contributed by atoms with Crippen molar-refractivity contribution in [1.29, 1.82) is 0 Å². The Morgan fingerprint density at radius 3 is 2.39 bits per heavy atom. The van der Waals surface area contributed by atoms with Crippen LogP contribution in [0.5, 0.6) is 5.75 Å². The highest BCUT2D eigenvalue weighted by molar-refractivity contribution is 5.65. The maximum atomic E-state index is 13.2. The lowest BCUT2D eigenvalue weighted by Crippen LogP contribution is -2.56. The van der Waals surface area contributed by atoms with Crippen molar-refractivity contribution < 1.29 is 38.0 Å². The molecule has 1 saturated heterocycles. The van der Waals surface area contributed by atoms with Crippen LogP contribution in [-0.2, 0) is 4.74 Å². The van der Waals surface area contributed by atoms with Crippen LogP contribution < -0.4 is 4.74 Å². The smallest absolute Gasteiger partial charge is 0.423 e. The Morgan fingerprint density at radius 2 is 1.81 bits per heavy atom. The van der Waals surface area contributed by atoms with E-state index in [2.05, 4.69) is 16.8 Å². The van der Waals surface area contributed by atoms with E-state index in [1.54, 1.807) is 29.8 Å². The molecule has 3 N–H and O–H groups in total. The van der Waals surface area contributed by atoms with Crippen LogP contribution in [0.25, 0.3) is 11.1 Å². The molecular weight excluding hydrogens is 477 g/mol. The number of aliphatic hydroxyl groups excluding tert-OH is 2. The first-order valence-electron chi connectivity index (χ1n) is 11.2. The molecule has 0 spiro atoms. The molecule has 2 aromatic carbocycles. The molecule has 1 aromatic heterocycles. The minimum Gasteiger partial charge on any atom is -0.485 e. The summed E-state index contributed by atoms with van der Waals surface area (Å²) >= 11 is 0. The van der Waals surface area contributed by atoms with Gasteiger partial charge < -0.3 is 29.4 Å². The minimum atomic E-state index is -4.87. The Morgan fingerprint density at radius 1 is 1.17 bits per heavy atom. The number of ether oxygens (including phenoxy) is 2. The molecule has 1 aliphatic rings. The van der Waals surface area contributed by atoms with Crippen molar-refractivity contribution in [2.24, 2.45) is 0 Å². The quantitative estimate of drug-likeness (QED) is 0.448. The van der Waals surface area contributed by atoms with Gasteiger partial charge in [-0.25, -0.2) is 4.98 Å². The Hall–Kier alpha value is -3.36. The van der Waals surface area contributed by atoms with Crippen molar-refractivity contribution in [3.63, 3.8) is 0 Å². The molecule has 0 unspecified atom stereocenters. The van der Waals surface area contributed by atoms with Gasteiger partial charge in [0.2, 0.25) is 5.60 Å². The monoisotopic (exact) mass is 502 g/mol. The Labute approximate surface area is 205 Å². The molecule has 1 fully saturated rings. The topological polar surface area (TPSA) is 97.0 Å².